The van der Waals surface area contributed by atoms with Crippen molar-refractivity contribution in [2.75, 3.05) is 26.3 Å². The summed E-state index contributed by atoms with van der Waals surface area (Å²) in [5.41, 5.74) is 3.70. The highest BCUT2D eigenvalue weighted by Gasteiger charge is 2.30. The highest BCUT2D eigenvalue weighted by molar-refractivity contribution is 14.2. The zero-order valence-corrected chi connectivity index (χ0v) is 21.3. The van der Waals surface area contributed by atoms with Gasteiger partial charge in [0.25, 0.3) is 5.56 Å². The van der Waals surface area contributed by atoms with Crippen molar-refractivity contribution in [2.45, 2.75) is 9.85 Å². The number of alkyl halides is 4. The summed E-state index contributed by atoms with van der Waals surface area (Å²) < 4.78 is 44.3. The summed E-state index contributed by atoms with van der Waals surface area (Å²) in [5, 5.41) is 1.14. The normalized spacial score (nSPS) is 15.0. The maximum absolute atomic E-state index is 13.8. The van der Waals surface area contributed by atoms with E-state index in [1.54, 1.807) is 22.9 Å². The average Bonchev–Trinajstić information content (AvgIpc) is 3.16. The molecule has 1 aliphatic rings. The van der Waals surface area contributed by atoms with E-state index in [-0.39, 0.29) is 17.9 Å². The average molecular weight is 592 g/mol. The van der Waals surface area contributed by atoms with Crippen molar-refractivity contribution in [1.29, 1.82) is 0 Å². The third-order valence-electron chi connectivity index (χ3n) is 6.56. The number of hydrogen-bond acceptors (Lipinski definition) is 3. The molecule has 5 nitrogen and oxygen atoms in total. The van der Waals surface area contributed by atoms with Gasteiger partial charge in [-0.25, -0.2) is 4.39 Å². The molecule has 0 spiro atoms. The van der Waals surface area contributed by atoms with E-state index in [1.165, 1.54) is 23.9 Å². The molecular formula is C26H24F3IN4O. The second-order valence-electron chi connectivity index (χ2n) is 8.73. The lowest BCUT2D eigenvalue weighted by Crippen LogP contribution is -2.45. The minimum atomic E-state index is -2.97. The number of pyridine rings is 2. The first-order chi connectivity index (χ1) is 16.8. The van der Waals surface area contributed by atoms with E-state index in [2.05, 4.69) is 25.2 Å². The van der Waals surface area contributed by atoms with Gasteiger partial charge < -0.3 is 4.57 Å². The molecule has 0 radical (unpaired) electrons. The molecule has 0 unspecified atom stereocenters. The number of hydrogen-bond donors (Lipinski definition) is 0. The first kappa shape index (κ1) is 23.9. The number of halogens is 4. The first-order valence-corrected chi connectivity index (χ1v) is 13.8. The molecule has 4 heterocycles. The second kappa shape index (κ2) is 9.34. The van der Waals surface area contributed by atoms with Crippen LogP contribution in [0.25, 0.3) is 27.7 Å². The van der Waals surface area contributed by atoms with Crippen LogP contribution in [0.4, 0.5) is 13.2 Å². The Morgan fingerprint density at radius 2 is 1.94 bits per heavy atom. The molecule has 0 aliphatic carbocycles. The Balaban J connectivity index is 1.42. The van der Waals surface area contributed by atoms with E-state index in [4.69, 9.17) is 0 Å². The molecule has 35 heavy (non-hydrogen) atoms. The molecule has 1 saturated heterocycles. The van der Waals surface area contributed by atoms with Gasteiger partial charge >= 0.3 is 3.93 Å². The molecule has 1 fully saturated rings. The van der Waals surface area contributed by atoms with E-state index in [0.717, 1.165) is 29.7 Å². The zero-order chi connectivity index (χ0) is 24.7. The number of aryl methyl sites for hydroxylation is 1. The van der Waals surface area contributed by atoms with Crippen LogP contribution in [-0.2, 0) is 11.0 Å². The van der Waals surface area contributed by atoms with Crippen molar-refractivity contribution >= 4 is 36.1 Å². The molecule has 0 N–H and O–H groups in total. The fraction of sp³-hybridized carbons (Fsp3) is 0.269. The van der Waals surface area contributed by atoms with Crippen LogP contribution in [0.5, 0.6) is 0 Å². The van der Waals surface area contributed by atoms with Gasteiger partial charge in [0.1, 0.15) is 12.4 Å². The standard InChI is InChI=1S/C26H24F3IN4O/c1-30-26(28,29)24-6-3-18(13-31-24)17-7-9-34(25(35)11-17)20-4-5-21-22(16-32(2)23(21)12-20)19-14-33(15-19)10-8-27/h3-7,9,11-13,16,19H,1,8,10,14-15H2,2H3. The van der Waals surface area contributed by atoms with Gasteiger partial charge in [-0.2, -0.15) is 8.78 Å². The number of benzene rings is 1. The van der Waals surface area contributed by atoms with Gasteiger partial charge in [-0.3, -0.25) is 19.2 Å². The van der Waals surface area contributed by atoms with Crippen molar-refractivity contribution in [1.82, 2.24) is 19.0 Å². The minimum absolute atomic E-state index is 0.227. The van der Waals surface area contributed by atoms with Gasteiger partial charge in [0.15, 0.2) is 0 Å². The highest BCUT2D eigenvalue weighted by Crippen LogP contribution is 2.38. The predicted octanol–water partition coefficient (Wildman–Crippen LogP) is 5.21. The summed E-state index contributed by atoms with van der Waals surface area (Å²) in [7, 11) is 1.98. The number of rotatable bonds is 7. The number of aromatic nitrogens is 3. The lowest BCUT2D eigenvalue weighted by molar-refractivity contribution is 0.122. The maximum atomic E-state index is 13.8. The molecule has 0 bridgehead atoms. The van der Waals surface area contributed by atoms with Crippen molar-refractivity contribution < 1.29 is 13.2 Å². The van der Waals surface area contributed by atoms with Crippen molar-refractivity contribution in [2.24, 2.45) is 7.05 Å². The van der Waals surface area contributed by atoms with Gasteiger partial charge in [-0.1, -0.05) is 16.6 Å². The maximum Gasteiger partial charge on any atom is 0.332 e. The van der Waals surface area contributed by atoms with Crippen LogP contribution in [0.1, 0.15) is 17.2 Å². The van der Waals surface area contributed by atoms with Crippen LogP contribution in [0, 0.1) is 0 Å². The van der Waals surface area contributed by atoms with Crippen LogP contribution in [0.2, 0.25) is 0 Å². The molecule has 3 aromatic heterocycles. The molecule has 4 aromatic rings. The van der Waals surface area contributed by atoms with Crippen molar-refractivity contribution in [3.63, 3.8) is 0 Å². The van der Waals surface area contributed by atoms with Gasteiger partial charge in [0, 0.05) is 68.2 Å². The van der Waals surface area contributed by atoms with E-state index in [9.17, 15) is 18.0 Å². The molecule has 0 atom stereocenters. The van der Waals surface area contributed by atoms with Gasteiger partial charge in [0.05, 0.1) is 11.2 Å². The second-order valence-corrected chi connectivity index (χ2v) is 10.8. The monoisotopic (exact) mass is 592 g/mol. The first-order valence-electron chi connectivity index (χ1n) is 11.2. The highest BCUT2D eigenvalue weighted by atomic mass is 127. The Morgan fingerprint density at radius 3 is 2.60 bits per heavy atom. The summed E-state index contributed by atoms with van der Waals surface area (Å²) in [4.78, 5) is 19.0. The summed E-state index contributed by atoms with van der Waals surface area (Å²) in [6.45, 7) is 1.87. The molecular weight excluding hydrogens is 568 g/mol. The van der Waals surface area contributed by atoms with Crippen LogP contribution < -0.4 is 5.56 Å². The van der Waals surface area contributed by atoms with E-state index in [1.807, 2.05) is 25.2 Å². The number of fused-ring (bicyclic) bond motifs is 1. The Hall–Kier alpha value is -2.79. The van der Waals surface area contributed by atoms with Gasteiger partial charge in [-0.05, 0) is 56.1 Å². The lowest BCUT2D eigenvalue weighted by Gasteiger charge is -2.38. The summed E-state index contributed by atoms with van der Waals surface area (Å²) in [6.07, 6.45) is 5.18. The number of nitrogens with zero attached hydrogens (tertiary/aromatic N) is 4. The van der Waals surface area contributed by atoms with Crippen LogP contribution in [-0.4, -0.2) is 49.8 Å². The van der Waals surface area contributed by atoms with Gasteiger partial charge in [-0.15, -0.1) is 0 Å². The molecule has 9 heteroatoms. The molecule has 0 saturated carbocycles. The molecule has 1 aromatic carbocycles. The summed E-state index contributed by atoms with van der Waals surface area (Å²) >= 11 is -1.56. The van der Waals surface area contributed by atoms with Crippen LogP contribution in [0.3, 0.4) is 0 Å². The van der Waals surface area contributed by atoms with Gasteiger partial charge in [0.2, 0.25) is 0 Å². The molecule has 0 amide bonds. The molecule has 5 rings (SSSR count). The molecule has 1 aliphatic heterocycles. The summed E-state index contributed by atoms with van der Waals surface area (Å²) in [6, 6.07) is 12.1. The van der Waals surface area contributed by atoms with E-state index >= 15 is 0 Å². The van der Waals surface area contributed by atoms with E-state index in [0.29, 0.717) is 23.6 Å². The SMILES string of the molecule is C=IC(F)(F)c1ccc(-c2ccn(-c3ccc4c(C5CN(CCF)C5)cn(C)c4c3)c(=O)c2)cn1. The van der Waals surface area contributed by atoms with Crippen LogP contribution in [0.15, 0.2) is 65.8 Å². The third-order valence-corrected chi connectivity index (χ3v) is 8.07. The minimum Gasteiger partial charge on any atom is -0.350 e. The Morgan fingerprint density at radius 1 is 1.14 bits per heavy atom. The predicted molar refractivity (Wildman–Crippen MR) is 142 cm³/mol. The lowest BCUT2D eigenvalue weighted by atomic mass is 9.91. The Kier molecular flexibility index (Phi) is 6.39. The largest absolute Gasteiger partial charge is 0.350 e. The quantitative estimate of drug-likeness (QED) is 0.219. The van der Waals surface area contributed by atoms with Crippen molar-refractivity contribution in [3.05, 3.63) is 82.7 Å². The zero-order valence-electron chi connectivity index (χ0n) is 19.1. The molecule has 182 valence electrons. The smallest absolute Gasteiger partial charge is 0.332 e. The van der Waals surface area contributed by atoms with E-state index < -0.39 is 24.7 Å². The van der Waals surface area contributed by atoms with Crippen molar-refractivity contribution in [3.8, 4) is 16.8 Å². The third kappa shape index (κ3) is 4.47. The van der Waals surface area contributed by atoms with Crippen LogP contribution >= 0.6 is 20.7 Å². The fourth-order valence-corrected chi connectivity index (χ4v) is 5.33. The fourth-order valence-electron chi connectivity index (χ4n) is 4.62. The Bertz CT molecular complexity index is 1460. The summed E-state index contributed by atoms with van der Waals surface area (Å²) in [5.74, 6) is 0.383. The Labute approximate surface area is 210 Å². The number of likely N-dealkylation sites (tertiary alicyclic amines) is 1. The topological polar surface area (TPSA) is 43.1 Å².